The lowest BCUT2D eigenvalue weighted by molar-refractivity contribution is 0.100. The number of pyridine rings is 1. The maximum atomic E-state index is 12.0. The molecule has 0 unspecified atom stereocenters. The molecule has 1 saturated carbocycles. The Hall–Kier alpha value is -3.12. The van der Waals surface area contributed by atoms with E-state index in [1.54, 1.807) is 18.5 Å². The van der Waals surface area contributed by atoms with Gasteiger partial charge in [0.05, 0.1) is 11.7 Å². The number of anilines is 1. The number of amides is 1. The molecule has 4 rings (SSSR count). The Morgan fingerprint density at radius 1 is 1.14 bits per heavy atom. The first-order chi connectivity index (χ1) is 14.1. The number of carbonyl (C=O) groups is 1. The van der Waals surface area contributed by atoms with Crippen molar-refractivity contribution in [2.24, 2.45) is 5.73 Å². The van der Waals surface area contributed by atoms with Gasteiger partial charge in [-0.25, -0.2) is 0 Å². The Kier molecular flexibility index (Phi) is 5.62. The van der Waals surface area contributed by atoms with Crippen LogP contribution in [0.2, 0.25) is 0 Å². The first-order valence-corrected chi connectivity index (χ1v) is 10.0. The van der Waals surface area contributed by atoms with Crippen molar-refractivity contribution in [1.29, 1.82) is 0 Å². The molecule has 0 radical (unpaired) electrons. The average Bonchev–Trinajstić information content (AvgIpc) is 3.18. The second kappa shape index (κ2) is 8.49. The van der Waals surface area contributed by atoms with Crippen molar-refractivity contribution >= 4 is 11.6 Å². The molecule has 3 aromatic rings. The van der Waals surface area contributed by atoms with Gasteiger partial charge in [0.1, 0.15) is 0 Å². The van der Waals surface area contributed by atoms with Gasteiger partial charge < -0.3 is 20.7 Å². The molecule has 1 aliphatic rings. The summed E-state index contributed by atoms with van der Waals surface area (Å²) in [5.74, 6) is -0.445. The number of aromatic nitrogens is 2. The van der Waals surface area contributed by atoms with Crippen molar-refractivity contribution < 1.29 is 9.90 Å². The number of hydrogen-bond acceptors (Lipinski definition) is 4. The first kappa shape index (κ1) is 19.2. The molecule has 0 bridgehead atoms. The van der Waals surface area contributed by atoms with Gasteiger partial charge in [-0.2, -0.15) is 0 Å². The summed E-state index contributed by atoms with van der Waals surface area (Å²) < 4.78 is 2.13. The Morgan fingerprint density at radius 2 is 1.90 bits per heavy atom. The summed E-state index contributed by atoms with van der Waals surface area (Å²) in [6.45, 7) is 0. The topological polar surface area (TPSA) is 93.2 Å². The fourth-order valence-corrected chi connectivity index (χ4v) is 3.98. The summed E-state index contributed by atoms with van der Waals surface area (Å²) in [6, 6.07) is 14.1. The molecular weight excluding hydrogens is 364 g/mol. The van der Waals surface area contributed by atoms with Crippen LogP contribution in [0.3, 0.4) is 0 Å². The quantitative estimate of drug-likeness (QED) is 0.602. The number of rotatable bonds is 6. The number of carbonyl (C=O) groups excluding carboxylic acids is 1. The summed E-state index contributed by atoms with van der Waals surface area (Å²) >= 11 is 0. The van der Waals surface area contributed by atoms with Gasteiger partial charge in [0.2, 0.25) is 0 Å². The highest BCUT2D eigenvalue weighted by Crippen LogP contribution is 2.27. The van der Waals surface area contributed by atoms with Gasteiger partial charge in [-0.3, -0.25) is 9.78 Å². The molecule has 0 saturated heterocycles. The normalized spacial score (nSPS) is 19.1. The molecule has 1 amide bonds. The Balaban J connectivity index is 1.62. The smallest absolute Gasteiger partial charge is 0.250 e. The molecule has 4 N–H and O–H groups in total. The zero-order chi connectivity index (χ0) is 20.2. The van der Waals surface area contributed by atoms with Gasteiger partial charge in [0.15, 0.2) is 0 Å². The zero-order valence-corrected chi connectivity index (χ0v) is 16.3. The maximum Gasteiger partial charge on any atom is 0.250 e. The molecule has 150 valence electrons. The molecule has 6 heteroatoms. The van der Waals surface area contributed by atoms with Crippen molar-refractivity contribution in [3.63, 3.8) is 0 Å². The van der Waals surface area contributed by atoms with Crippen LogP contribution in [0.5, 0.6) is 0 Å². The molecule has 1 aromatic carbocycles. The van der Waals surface area contributed by atoms with E-state index in [2.05, 4.69) is 20.9 Å². The van der Waals surface area contributed by atoms with E-state index in [4.69, 9.17) is 5.73 Å². The molecule has 1 fully saturated rings. The minimum atomic E-state index is -0.445. The number of aliphatic hydroxyl groups is 1. The highest BCUT2D eigenvalue weighted by Gasteiger charge is 2.21. The van der Waals surface area contributed by atoms with Crippen LogP contribution in [0.25, 0.3) is 5.69 Å². The van der Waals surface area contributed by atoms with Crippen LogP contribution in [0.4, 0.5) is 5.69 Å². The lowest BCUT2D eigenvalue weighted by Crippen LogP contribution is -2.29. The van der Waals surface area contributed by atoms with Crippen LogP contribution in [0, 0.1) is 0 Å². The third-order valence-corrected chi connectivity index (χ3v) is 5.57. The summed E-state index contributed by atoms with van der Waals surface area (Å²) in [5.41, 5.74) is 10.2. The molecule has 6 nitrogen and oxygen atoms in total. The average molecular weight is 390 g/mol. The number of hydrogen-bond donors (Lipinski definition) is 3. The van der Waals surface area contributed by atoms with E-state index < -0.39 is 5.91 Å². The van der Waals surface area contributed by atoms with Crippen LogP contribution in [0.1, 0.15) is 47.3 Å². The zero-order valence-electron chi connectivity index (χ0n) is 16.3. The molecule has 29 heavy (non-hydrogen) atoms. The molecule has 0 atom stereocenters. The second-order valence-electron chi connectivity index (χ2n) is 7.65. The van der Waals surface area contributed by atoms with E-state index in [1.165, 1.54) is 5.56 Å². The molecule has 1 aliphatic carbocycles. The Morgan fingerprint density at radius 3 is 2.62 bits per heavy atom. The highest BCUT2D eigenvalue weighted by molar-refractivity contribution is 5.99. The SMILES string of the molecule is NC(=O)c1ccc(-n2cccc2Cc2ccncc2)cc1NC1CCC(O)CC1. The summed E-state index contributed by atoms with van der Waals surface area (Å²) in [4.78, 5) is 16.0. The minimum Gasteiger partial charge on any atom is -0.393 e. The Bertz CT molecular complexity index is 976. The van der Waals surface area contributed by atoms with E-state index in [9.17, 15) is 9.90 Å². The molecule has 2 aromatic heterocycles. The summed E-state index contributed by atoms with van der Waals surface area (Å²) in [5, 5.41) is 13.2. The number of nitrogens with one attached hydrogen (secondary N) is 1. The van der Waals surface area contributed by atoms with Crippen LogP contribution < -0.4 is 11.1 Å². The van der Waals surface area contributed by atoms with Gasteiger partial charge in [0, 0.05) is 48.1 Å². The van der Waals surface area contributed by atoms with E-state index >= 15 is 0 Å². The van der Waals surface area contributed by atoms with E-state index in [1.807, 2.05) is 36.5 Å². The molecule has 2 heterocycles. The van der Waals surface area contributed by atoms with Gasteiger partial charge in [0.25, 0.3) is 5.91 Å². The maximum absolute atomic E-state index is 12.0. The van der Waals surface area contributed by atoms with Gasteiger partial charge in [-0.05, 0) is 73.7 Å². The van der Waals surface area contributed by atoms with Gasteiger partial charge in [-0.15, -0.1) is 0 Å². The first-order valence-electron chi connectivity index (χ1n) is 10.0. The molecule has 0 aliphatic heterocycles. The third-order valence-electron chi connectivity index (χ3n) is 5.57. The fraction of sp³-hybridized carbons (Fsp3) is 0.304. The van der Waals surface area contributed by atoms with Gasteiger partial charge >= 0.3 is 0 Å². The summed E-state index contributed by atoms with van der Waals surface area (Å²) in [7, 11) is 0. The van der Waals surface area contributed by atoms with Crippen molar-refractivity contribution in [3.05, 3.63) is 77.9 Å². The second-order valence-corrected chi connectivity index (χ2v) is 7.65. The van der Waals surface area contributed by atoms with E-state index in [-0.39, 0.29) is 12.1 Å². The fourth-order valence-electron chi connectivity index (χ4n) is 3.98. The van der Waals surface area contributed by atoms with Crippen LogP contribution in [-0.4, -0.2) is 32.7 Å². The highest BCUT2D eigenvalue weighted by atomic mass is 16.3. The largest absolute Gasteiger partial charge is 0.393 e. The van der Waals surface area contributed by atoms with Crippen molar-refractivity contribution in [2.75, 3.05) is 5.32 Å². The van der Waals surface area contributed by atoms with Gasteiger partial charge in [-0.1, -0.05) is 0 Å². The number of nitrogens with two attached hydrogens (primary N) is 1. The minimum absolute atomic E-state index is 0.217. The lowest BCUT2D eigenvalue weighted by atomic mass is 9.92. The van der Waals surface area contributed by atoms with Crippen molar-refractivity contribution in [2.45, 2.75) is 44.2 Å². The molecule has 0 spiro atoms. The number of primary amides is 1. The number of nitrogens with zero attached hydrogens (tertiary/aromatic N) is 2. The monoisotopic (exact) mass is 390 g/mol. The predicted octanol–water partition coefficient (Wildman–Crippen LogP) is 3.28. The number of benzene rings is 1. The van der Waals surface area contributed by atoms with Crippen LogP contribution in [0.15, 0.2) is 61.1 Å². The third kappa shape index (κ3) is 4.49. The van der Waals surface area contributed by atoms with Crippen molar-refractivity contribution in [1.82, 2.24) is 9.55 Å². The van der Waals surface area contributed by atoms with E-state index in [0.29, 0.717) is 5.56 Å². The van der Waals surface area contributed by atoms with Crippen LogP contribution >= 0.6 is 0 Å². The van der Waals surface area contributed by atoms with Crippen molar-refractivity contribution in [3.8, 4) is 5.69 Å². The molecular formula is C23H26N4O2. The standard InChI is InChI=1S/C23H26N4O2/c24-23(29)21-8-5-19(15-22(21)26-17-3-6-20(28)7-4-17)27-13-1-2-18(27)14-16-9-11-25-12-10-16/h1-2,5,8-13,15,17,20,26,28H,3-4,6-7,14H2,(H2,24,29). The summed E-state index contributed by atoms with van der Waals surface area (Å²) in [6.07, 6.45) is 9.49. The lowest BCUT2D eigenvalue weighted by Gasteiger charge is -2.28. The Labute approximate surface area is 170 Å². The number of aliphatic hydroxyl groups excluding tert-OH is 1. The predicted molar refractivity (Wildman–Crippen MR) is 113 cm³/mol. The van der Waals surface area contributed by atoms with Crippen LogP contribution in [-0.2, 0) is 6.42 Å². The van der Waals surface area contributed by atoms with E-state index in [0.717, 1.165) is 49.2 Å².